The molecule has 0 bridgehead atoms. The number of nitrogens with one attached hydrogen (secondary N) is 2. The highest BCUT2D eigenvalue weighted by Gasteiger charge is 2.41. The van der Waals surface area contributed by atoms with Gasteiger partial charge in [-0.25, -0.2) is 4.98 Å². The van der Waals surface area contributed by atoms with E-state index in [9.17, 15) is 0 Å². The Bertz CT molecular complexity index is 404. The van der Waals surface area contributed by atoms with Crippen LogP contribution in [0.4, 0.5) is 11.8 Å². The van der Waals surface area contributed by atoms with Crippen LogP contribution >= 0.6 is 0 Å². The van der Waals surface area contributed by atoms with E-state index in [2.05, 4.69) is 20.6 Å². The first-order valence-corrected chi connectivity index (χ1v) is 6.62. The number of nitrogens with zero attached hydrogens (tertiary/aromatic N) is 2. The minimum absolute atomic E-state index is 0.271. The molecule has 1 fully saturated rings. The number of hydrogen-bond acceptors (Lipinski definition) is 5. The predicted octanol–water partition coefficient (Wildman–Crippen LogP) is 1.79. The number of aliphatic hydroxyl groups is 1. The fourth-order valence-corrected chi connectivity index (χ4v) is 2.10. The molecule has 0 spiro atoms. The van der Waals surface area contributed by atoms with E-state index in [1.54, 1.807) is 0 Å². The van der Waals surface area contributed by atoms with Crippen molar-refractivity contribution in [2.45, 2.75) is 33.1 Å². The van der Waals surface area contributed by atoms with Crippen LogP contribution < -0.4 is 10.6 Å². The molecule has 100 valence electrons. The minimum atomic E-state index is 0.271. The largest absolute Gasteiger partial charge is 0.396 e. The molecule has 18 heavy (non-hydrogen) atoms. The molecule has 2 rings (SSSR count). The summed E-state index contributed by atoms with van der Waals surface area (Å²) in [7, 11) is 0. The van der Waals surface area contributed by atoms with E-state index in [0.29, 0.717) is 11.4 Å². The van der Waals surface area contributed by atoms with Crippen molar-refractivity contribution in [3.05, 3.63) is 11.8 Å². The molecule has 1 aromatic heterocycles. The van der Waals surface area contributed by atoms with Crippen LogP contribution in [0, 0.1) is 12.3 Å². The highest BCUT2D eigenvalue weighted by Crippen LogP contribution is 2.48. The number of anilines is 2. The molecule has 5 heteroatoms. The second-order valence-electron chi connectivity index (χ2n) is 5.08. The van der Waals surface area contributed by atoms with E-state index < -0.39 is 0 Å². The van der Waals surface area contributed by atoms with Crippen molar-refractivity contribution < 1.29 is 5.11 Å². The van der Waals surface area contributed by atoms with Crippen molar-refractivity contribution >= 4 is 11.8 Å². The molecular weight excluding hydrogens is 228 g/mol. The number of aromatic nitrogens is 2. The summed E-state index contributed by atoms with van der Waals surface area (Å²) in [5.74, 6) is 1.54. The Hall–Kier alpha value is -1.36. The highest BCUT2D eigenvalue weighted by atomic mass is 16.3. The molecule has 1 aliphatic rings. The van der Waals surface area contributed by atoms with Gasteiger partial charge in [-0.15, -0.1) is 0 Å². The van der Waals surface area contributed by atoms with E-state index in [1.807, 2.05) is 19.9 Å². The first-order chi connectivity index (χ1) is 8.67. The monoisotopic (exact) mass is 250 g/mol. The number of aliphatic hydroxyl groups excluding tert-OH is 1. The van der Waals surface area contributed by atoms with Crippen LogP contribution in [0.3, 0.4) is 0 Å². The Balaban J connectivity index is 1.96. The lowest BCUT2D eigenvalue weighted by atomic mass is 10.0. The Kier molecular flexibility index (Phi) is 4.01. The van der Waals surface area contributed by atoms with Crippen LogP contribution in [0.15, 0.2) is 6.07 Å². The summed E-state index contributed by atoms with van der Waals surface area (Å²) in [5.41, 5.74) is 1.25. The van der Waals surface area contributed by atoms with Gasteiger partial charge in [0.15, 0.2) is 0 Å². The quantitative estimate of drug-likeness (QED) is 0.688. The van der Waals surface area contributed by atoms with Gasteiger partial charge in [0.25, 0.3) is 0 Å². The molecule has 1 heterocycles. The molecule has 1 aromatic rings. The number of aryl methyl sites for hydroxylation is 1. The summed E-state index contributed by atoms with van der Waals surface area (Å²) < 4.78 is 0. The SMILES string of the molecule is CCNc1nc(C)cc(NCC2(CCO)CC2)n1. The zero-order valence-corrected chi connectivity index (χ0v) is 11.2. The molecule has 1 saturated carbocycles. The van der Waals surface area contributed by atoms with E-state index in [0.717, 1.165) is 31.0 Å². The first-order valence-electron chi connectivity index (χ1n) is 6.62. The van der Waals surface area contributed by atoms with Crippen molar-refractivity contribution in [1.29, 1.82) is 0 Å². The van der Waals surface area contributed by atoms with Crippen LogP contribution in [0.1, 0.15) is 31.9 Å². The van der Waals surface area contributed by atoms with Crippen molar-refractivity contribution in [3.63, 3.8) is 0 Å². The number of hydrogen-bond donors (Lipinski definition) is 3. The highest BCUT2D eigenvalue weighted by molar-refractivity contribution is 5.42. The first kappa shape index (κ1) is 13.1. The number of rotatable bonds is 7. The maximum absolute atomic E-state index is 9.03. The Morgan fingerprint density at radius 3 is 2.72 bits per heavy atom. The van der Waals surface area contributed by atoms with Gasteiger partial charge in [0.1, 0.15) is 5.82 Å². The molecule has 3 N–H and O–H groups in total. The summed E-state index contributed by atoms with van der Waals surface area (Å²) in [5, 5.41) is 15.5. The van der Waals surface area contributed by atoms with Gasteiger partial charge in [0.05, 0.1) is 0 Å². The Morgan fingerprint density at radius 1 is 1.33 bits per heavy atom. The third kappa shape index (κ3) is 3.32. The zero-order chi connectivity index (χ0) is 13.0. The van der Waals surface area contributed by atoms with Gasteiger partial charge < -0.3 is 15.7 Å². The molecule has 0 aliphatic heterocycles. The predicted molar refractivity (Wildman–Crippen MR) is 72.8 cm³/mol. The van der Waals surface area contributed by atoms with Crippen LogP contribution in [-0.2, 0) is 0 Å². The molecule has 0 aromatic carbocycles. The third-order valence-corrected chi connectivity index (χ3v) is 3.43. The third-order valence-electron chi connectivity index (χ3n) is 3.43. The van der Waals surface area contributed by atoms with Gasteiger partial charge in [0, 0.05) is 31.5 Å². The van der Waals surface area contributed by atoms with E-state index >= 15 is 0 Å². The van der Waals surface area contributed by atoms with Crippen LogP contribution in [-0.4, -0.2) is 34.8 Å². The van der Waals surface area contributed by atoms with Gasteiger partial charge in [-0.3, -0.25) is 0 Å². The molecular formula is C13H22N4O. The maximum Gasteiger partial charge on any atom is 0.224 e. The standard InChI is InChI=1S/C13H22N4O/c1-3-14-12-16-10(2)8-11(17-12)15-9-13(4-5-13)6-7-18/h8,18H,3-7,9H2,1-2H3,(H2,14,15,16,17). The molecule has 5 nitrogen and oxygen atoms in total. The van der Waals surface area contributed by atoms with Crippen molar-refractivity contribution in [3.8, 4) is 0 Å². The fourth-order valence-electron chi connectivity index (χ4n) is 2.10. The summed E-state index contributed by atoms with van der Waals surface area (Å²) in [6.07, 6.45) is 3.28. The van der Waals surface area contributed by atoms with Crippen molar-refractivity contribution in [2.75, 3.05) is 30.3 Å². The van der Waals surface area contributed by atoms with Gasteiger partial charge in [0.2, 0.25) is 5.95 Å². The second-order valence-corrected chi connectivity index (χ2v) is 5.08. The van der Waals surface area contributed by atoms with Gasteiger partial charge in [-0.2, -0.15) is 4.98 Å². The summed E-state index contributed by atoms with van der Waals surface area (Å²) in [4.78, 5) is 8.74. The molecule has 1 aliphatic carbocycles. The van der Waals surface area contributed by atoms with Crippen molar-refractivity contribution in [2.24, 2.45) is 5.41 Å². The van der Waals surface area contributed by atoms with Gasteiger partial charge in [-0.1, -0.05) is 0 Å². The van der Waals surface area contributed by atoms with E-state index in [-0.39, 0.29) is 6.61 Å². The normalized spacial score (nSPS) is 16.4. The average molecular weight is 250 g/mol. The van der Waals surface area contributed by atoms with E-state index in [1.165, 1.54) is 12.8 Å². The lowest BCUT2D eigenvalue weighted by molar-refractivity contribution is 0.253. The summed E-state index contributed by atoms with van der Waals surface area (Å²) in [6, 6.07) is 1.95. The fraction of sp³-hybridized carbons (Fsp3) is 0.692. The van der Waals surface area contributed by atoms with Crippen LogP contribution in [0.5, 0.6) is 0 Å². The smallest absolute Gasteiger partial charge is 0.224 e. The molecule has 0 atom stereocenters. The maximum atomic E-state index is 9.03. The molecule has 0 saturated heterocycles. The summed E-state index contributed by atoms with van der Waals surface area (Å²) in [6.45, 7) is 5.97. The van der Waals surface area contributed by atoms with Crippen LogP contribution in [0.25, 0.3) is 0 Å². The lowest BCUT2D eigenvalue weighted by Gasteiger charge is -2.15. The minimum Gasteiger partial charge on any atom is -0.396 e. The van der Waals surface area contributed by atoms with Gasteiger partial charge >= 0.3 is 0 Å². The lowest BCUT2D eigenvalue weighted by Crippen LogP contribution is -2.18. The Labute approximate surface area is 108 Å². The zero-order valence-electron chi connectivity index (χ0n) is 11.2. The molecule has 0 radical (unpaired) electrons. The average Bonchev–Trinajstić information content (AvgIpc) is 3.07. The van der Waals surface area contributed by atoms with E-state index in [4.69, 9.17) is 5.11 Å². The second kappa shape index (κ2) is 5.52. The Morgan fingerprint density at radius 2 is 2.11 bits per heavy atom. The summed E-state index contributed by atoms with van der Waals surface area (Å²) >= 11 is 0. The topological polar surface area (TPSA) is 70.1 Å². The molecule has 0 unspecified atom stereocenters. The van der Waals surface area contributed by atoms with Gasteiger partial charge in [-0.05, 0) is 38.5 Å². The van der Waals surface area contributed by atoms with Crippen LogP contribution in [0.2, 0.25) is 0 Å². The van der Waals surface area contributed by atoms with Crippen molar-refractivity contribution in [1.82, 2.24) is 9.97 Å². The molecule has 0 amide bonds.